The van der Waals surface area contributed by atoms with Crippen molar-refractivity contribution < 1.29 is 9.30 Å². The molecule has 2 aromatic carbocycles. The number of benzene rings is 2. The highest BCUT2D eigenvalue weighted by molar-refractivity contribution is 7.83. The molecule has 0 radical (unpaired) electrons. The van der Waals surface area contributed by atoms with E-state index in [2.05, 4.69) is 13.2 Å². The van der Waals surface area contributed by atoms with Gasteiger partial charge in [-0.25, -0.2) is 0 Å². The minimum Gasteiger partial charge on any atom is -0.456 e. The molecule has 21 heavy (non-hydrogen) atoms. The Morgan fingerprint density at radius 2 is 1.52 bits per heavy atom. The molecule has 0 atom stereocenters. The van der Waals surface area contributed by atoms with Gasteiger partial charge in [0.05, 0.1) is 10.6 Å². The second-order valence-corrected chi connectivity index (χ2v) is 8.11. The van der Waals surface area contributed by atoms with Crippen LogP contribution in [0.5, 0.6) is 11.5 Å². The average Bonchev–Trinajstić information content (AvgIpc) is 2.48. The van der Waals surface area contributed by atoms with Gasteiger partial charge < -0.3 is 9.30 Å². The molecule has 1 heterocycles. The molecule has 106 valence electrons. The molecule has 0 saturated carbocycles. The van der Waals surface area contributed by atoms with Gasteiger partial charge >= 0.3 is 0 Å². The quantitative estimate of drug-likeness (QED) is 0.605. The van der Waals surface area contributed by atoms with Crippen LogP contribution in [0.2, 0.25) is 0 Å². The van der Waals surface area contributed by atoms with Crippen LogP contribution in [0.15, 0.2) is 60.9 Å². The lowest BCUT2D eigenvalue weighted by Crippen LogP contribution is -2.25. The molecule has 1 aliphatic rings. The molecular formula is C18H17O2P. The van der Waals surface area contributed by atoms with Crippen LogP contribution in [0, 0.1) is 13.8 Å². The highest BCUT2D eigenvalue weighted by Crippen LogP contribution is 2.58. The summed E-state index contributed by atoms with van der Waals surface area (Å²) < 4.78 is 19.8. The SMILES string of the molecule is C=CC(=C)P1(=O)c2cc(C)ccc2Oc2ccc(C)cc21. The Balaban J connectivity index is 2.39. The minimum absolute atomic E-state index is 0.546. The molecule has 2 nitrogen and oxygen atoms in total. The summed E-state index contributed by atoms with van der Waals surface area (Å²) >= 11 is 0. The molecule has 0 fully saturated rings. The van der Waals surface area contributed by atoms with E-state index in [4.69, 9.17) is 4.74 Å². The Hall–Kier alpha value is -2.05. The molecule has 3 rings (SSSR count). The zero-order chi connectivity index (χ0) is 15.2. The second-order valence-electron chi connectivity index (χ2n) is 5.35. The fourth-order valence-electron chi connectivity index (χ4n) is 2.61. The molecule has 0 saturated heterocycles. The molecule has 1 aliphatic heterocycles. The van der Waals surface area contributed by atoms with Gasteiger partial charge in [0.25, 0.3) is 0 Å². The fourth-order valence-corrected chi connectivity index (χ4v) is 5.37. The van der Waals surface area contributed by atoms with Crippen LogP contribution in [-0.2, 0) is 4.57 Å². The molecule has 0 spiro atoms. The topological polar surface area (TPSA) is 26.3 Å². The maximum absolute atomic E-state index is 13.9. The molecule has 0 N–H and O–H groups in total. The van der Waals surface area contributed by atoms with Crippen molar-refractivity contribution in [1.82, 2.24) is 0 Å². The first-order valence-electron chi connectivity index (χ1n) is 6.79. The number of hydrogen-bond acceptors (Lipinski definition) is 2. The lowest BCUT2D eigenvalue weighted by molar-refractivity contribution is 0.485. The minimum atomic E-state index is -2.98. The monoisotopic (exact) mass is 296 g/mol. The number of hydrogen-bond donors (Lipinski definition) is 0. The highest BCUT2D eigenvalue weighted by atomic mass is 31.2. The Bertz CT molecular complexity index is 762. The van der Waals surface area contributed by atoms with Crippen molar-refractivity contribution in [1.29, 1.82) is 0 Å². The molecular weight excluding hydrogens is 279 g/mol. The predicted octanol–water partition coefficient (Wildman–Crippen LogP) is 4.42. The van der Waals surface area contributed by atoms with E-state index in [1.807, 2.05) is 50.2 Å². The second kappa shape index (κ2) is 4.75. The molecule has 0 aliphatic carbocycles. The third kappa shape index (κ3) is 1.99. The lowest BCUT2D eigenvalue weighted by Gasteiger charge is -2.29. The summed E-state index contributed by atoms with van der Waals surface area (Å²) in [5.74, 6) is 1.28. The van der Waals surface area contributed by atoms with E-state index in [9.17, 15) is 4.57 Å². The van der Waals surface area contributed by atoms with E-state index >= 15 is 0 Å². The van der Waals surface area contributed by atoms with E-state index in [0.717, 1.165) is 11.1 Å². The van der Waals surface area contributed by atoms with Crippen LogP contribution in [0.3, 0.4) is 0 Å². The smallest absolute Gasteiger partial charge is 0.177 e. The third-order valence-corrected chi connectivity index (χ3v) is 6.81. The van der Waals surface area contributed by atoms with Gasteiger partial charge in [-0.1, -0.05) is 42.5 Å². The molecule has 2 aromatic rings. The largest absolute Gasteiger partial charge is 0.456 e. The summed E-state index contributed by atoms with van der Waals surface area (Å²) in [6.45, 7) is 11.7. The summed E-state index contributed by atoms with van der Waals surface area (Å²) in [5, 5.41) is 1.97. The predicted molar refractivity (Wildman–Crippen MR) is 88.6 cm³/mol. The summed E-state index contributed by atoms with van der Waals surface area (Å²) in [4.78, 5) is 0. The van der Waals surface area contributed by atoms with Crippen LogP contribution < -0.4 is 15.3 Å². The number of aryl methyl sites for hydroxylation is 2. The first kappa shape index (κ1) is 13.9. The summed E-state index contributed by atoms with van der Waals surface area (Å²) in [6.07, 6.45) is 1.59. The Labute approximate surface area is 125 Å². The van der Waals surface area contributed by atoms with E-state index in [1.165, 1.54) is 0 Å². The van der Waals surface area contributed by atoms with Crippen molar-refractivity contribution in [2.24, 2.45) is 0 Å². The number of ether oxygens (including phenoxy) is 1. The Kier molecular flexibility index (Phi) is 3.15. The standard InChI is InChI=1S/C18H17O2P/c1-5-14(4)21(19)17-10-12(2)6-8-15(17)20-16-9-7-13(3)11-18(16)21/h5-11H,1,4H2,2-3H3. The van der Waals surface area contributed by atoms with Crippen LogP contribution in [-0.4, -0.2) is 0 Å². The molecule has 0 unspecified atom stereocenters. The summed E-state index contributed by atoms with van der Waals surface area (Å²) in [5.41, 5.74) is 2.09. The maximum Gasteiger partial charge on any atom is 0.177 e. The molecule has 0 aromatic heterocycles. The van der Waals surface area contributed by atoms with Crippen molar-refractivity contribution in [2.45, 2.75) is 13.8 Å². The normalized spacial score (nSPS) is 14.6. The first-order chi connectivity index (χ1) is 9.96. The van der Waals surface area contributed by atoms with Crippen LogP contribution in [0.25, 0.3) is 0 Å². The Morgan fingerprint density at radius 1 is 1.05 bits per heavy atom. The van der Waals surface area contributed by atoms with Gasteiger partial charge in [-0.15, -0.1) is 0 Å². The molecule has 3 heteroatoms. The zero-order valence-corrected chi connectivity index (χ0v) is 13.1. The third-order valence-electron chi connectivity index (χ3n) is 3.77. The number of fused-ring (bicyclic) bond motifs is 2. The average molecular weight is 296 g/mol. The van der Waals surface area contributed by atoms with Gasteiger partial charge in [-0.3, -0.25) is 0 Å². The Morgan fingerprint density at radius 3 is 1.95 bits per heavy atom. The van der Waals surface area contributed by atoms with Gasteiger partial charge in [0, 0.05) is 5.31 Å². The summed E-state index contributed by atoms with van der Waals surface area (Å²) in [7, 11) is -2.98. The van der Waals surface area contributed by atoms with Crippen LogP contribution in [0.1, 0.15) is 11.1 Å². The number of allylic oxidation sites excluding steroid dienone is 2. The van der Waals surface area contributed by atoms with Crippen LogP contribution in [0.4, 0.5) is 0 Å². The van der Waals surface area contributed by atoms with E-state index in [1.54, 1.807) is 6.08 Å². The zero-order valence-electron chi connectivity index (χ0n) is 12.2. The first-order valence-corrected chi connectivity index (χ1v) is 8.49. The van der Waals surface area contributed by atoms with E-state index in [-0.39, 0.29) is 0 Å². The summed E-state index contributed by atoms with van der Waals surface area (Å²) in [6, 6.07) is 11.5. The van der Waals surface area contributed by atoms with Crippen molar-refractivity contribution in [3.05, 3.63) is 72.1 Å². The van der Waals surface area contributed by atoms with Gasteiger partial charge in [-0.05, 0) is 38.1 Å². The fraction of sp³-hybridized carbons (Fsp3) is 0.111. The van der Waals surface area contributed by atoms with Gasteiger partial charge in [0.2, 0.25) is 0 Å². The van der Waals surface area contributed by atoms with Crippen molar-refractivity contribution >= 4 is 17.8 Å². The molecule has 0 amide bonds. The van der Waals surface area contributed by atoms with Gasteiger partial charge in [-0.2, -0.15) is 0 Å². The maximum atomic E-state index is 13.9. The lowest BCUT2D eigenvalue weighted by atomic mass is 10.2. The molecule has 0 bridgehead atoms. The van der Waals surface area contributed by atoms with Gasteiger partial charge in [0.15, 0.2) is 7.14 Å². The van der Waals surface area contributed by atoms with E-state index in [0.29, 0.717) is 27.4 Å². The van der Waals surface area contributed by atoms with Crippen molar-refractivity contribution in [3.8, 4) is 11.5 Å². The highest BCUT2D eigenvalue weighted by Gasteiger charge is 2.38. The number of rotatable bonds is 2. The van der Waals surface area contributed by atoms with Crippen molar-refractivity contribution in [3.63, 3.8) is 0 Å². The van der Waals surface area contributed by atoms with Crippen molar-refractivity contribution in [2.75, 3.05) is 0 Å². The van der Waals surface area contributed by atoms with Crippen LogP contribution >= 0.6 is 7.14 Å². The van der Waals surface area contributed by atoms with Gasteiger partial charge in [0.1, 0.15) is 11.5 Å². The van der Waals surface area contributed by atoms with E-state index < -0.39 is 7.14 Å².